The molecule has 186 valence electrons. The number of carboxylic acids is 1. The van der Waals surface area contributed by atoms with Gasteiger partial charge in [-0.2, -0.15) is 13.2 Å². The normalized spacial score (nSPS) is 20.4. The van der Waals surface area contributed by atoms with E-state index in [0.717, 1.165) is 56.2 Å². The number of aliphatic carboxylic acids is 1. The van der Waals surface area contributed by atoms with E-state index in [0.29, 0.717) is 30.9 Å². The lowest BCUT2D eigenvalue weighted by Crippen LogP contribution is -2.48. The fourth-order valence-electron chi connectivity index (χ4n) is 4.65. The third-order valence-electron chi connectivity index (χ3n) is 6.47. The average Bonchev–Trinajstić information content (AvgIpc) is 3.27. The molecule has 1 aliphatic heterocycles. The van der Waals surface area contributed by atoms with Crippen LogP contribution in [0.15, 0.2) is 48.5 Å². The first kappa shape index (κ1) is 26.0. The molecule has 2 unspecified atom stereocenters. The van der Waals surface area contributed by atoms with Gasteiger partial charge in [0.2, 0.25) is 0 Å². The number of nitrogens with one attached hydrogen (secondary N) is 1. The zero-order valence-corrected chi connectivity index (χ0v) is 19.1. The summed E-state index contributed by atoms with van der Waals surface area (Å²) in [5, 5.41) is 22.0. The van der Waals surface area contributed by atoms with E-state index in [1.807, 2.05) is 24.3 Å². The summed E-state index contributed by atoms with van der Waals surface area (Å²) in [7, 11) is 0. The Morgan fingerprint density at radius 2 is 1.59 bits per heavy atom. The van der Waals surface area contributed by atoms with Crippen LogP contribution in [0.2, 0.25) is 0 Å². The van der Waals surface area contributed by atoms with Gasteiger partial charge in [0.25, 0.3) is 0 Å². The van der Waals surface area contributed by atoms with E-state index >= 15 is 0 Å². The highest BCUT2D eigenvalue weighted by Gasteiger charge is 2.51. The van der Waals surface area contributed by atoms with Crippen LogP contribution in [0.3, 0.4) is 0 Å². The first-order chi connectivity index (χ1) is 16.3. The fraction of sp³-hybridized carbons (Fsp3) is 0.500. The number of halogens is 3. The van der Waals surface area contributed by atoms with Crippen molar-refractivity contribution in [2.45, 2.75) is 62.6 Å². The third kappa shape index (κ3) is 6.10. The maximum atomic E-state index is 13.0. The van der Waals surface area contributed by atoms with Crippen molar-refractivity contribution >= 4 is 5.97 Å². The molecule has 3 N–H and O–H groups in total. The van der Waals surface area contributed by atoms with Crippen LogP contribution in [-0.4, -0.2) is 35.9 Å². The van der Waals surface area contributed by atoms with Crippen LogP contribution in [0.1, 0.15) is 67.6 Å². The number of ether oxygens (including phenoxy) is 1. The van der Waals surface area contributed by atoms with Gasteiger partial charge in [-0.3, -0.25) is 5.32 Å². The highest BCUT2D eigenvalue weighted by Crippen LogP contribution is 2.44. The quantitative estimate of drug-likeness (QED) is 0.352. The van der Waals surface area contributed by atoms with Gasteiger partial charge in [-0.1, -0.05) is 49.9 Å². The molecule has 5 nitrogen and oxygen atoms in total. The molecular weight excluding hydrogens is 447 g/mol. The highest BCUT2D eigenvalue weighted by atomic mass is 19.4. The number of aliphatic hydroxyl groups excluding tert-OH is 1. The summed E-state index contributed by atoms with van der Waals surface area (Å²) in [6, 6.07) is 11.7. The molecule has 0 radical (unpaired) electrons. The van der Waals surface area contributed by atoms with E-state index in [-0.39, 0.29) is 6.61 Å². The van der Waals surface area contributed by atoms with Gasteiger partial charge in [-0.15, -0.1) is 0 Å². The summed E-state index contributed by atoms with van der Waals surface area (Å²) in [5.41, 5.74) is -1.21. The number of alkyl halides is 3. The smallest absolute Gasteiger partial charge is 0.416 e. The Morgan fingerprint density at radius 1 is 0.971 bits per heavy atom. The van der Waals surface area contributed by atoms with Gasteiger partial charge in [0.15, 0.2) is 0 Å². The van der Waals surface area contributed by atoms with Crippen molar-refractivity contribution in [2.24, 2.45) is 0 Å². The van der Waals surface area contributed by atoms with E-state index < -0.39 is 29.2 Å². The molecule has 0 spiro atoms. The zero-order chi connectivity index (χ0) is 24.6. The van der Waals surface area contributed by atoms with E-state index in [1.165, 1.54) is 12.1 Å². The monoisotopic (exact) mass is 479 g/mol. The lowest BCUT2D eigenvalue weighted by molar-refractivity contribution is -0.145. The Labute approximate surface area is 198 Å². The molecular formula is C26H32F3NO4. The van der Waals surface area contributed by atoms with E-state index in [9.17, 15) is 23.1 Å². The molecule has 2 atom stereocenters. The van der Waals surface area contributed by atoms with Crippen molar-refractivity contribution in [1.82, 2.24) is 5.32 Å². The van der Waals surface area contributed by atoms with Crippen molar-refractivity contribution in [2.75, 3.05) is 19.8 Å². The van der Waals surface area contributed by atoms with Gasteiger partial charge in [0.1, 0.15) is 11.3 Å². The molecule has 1 saturated heterocycles. The number of carbonyl (C=O) groups is 1. The van der Waals surface area contributed by atoms with Crippen LogP contribution in [0.4, 0.5) is 13.2 Å². The maximum Gasteiger partial charge on any atom is 0.416 e. The van der Waals surface area contributed by atoms with Gasteiger partial charge in [-0.05, 0) is 61.2 Å². The number of hydrogen-bond donors (Lipinski definition) is 3. The van der Waals surface area contributed by atoms with E-state index in [2.05, 4.69) is 5.32 Å². The van der Waals surface area contributed by atoms with E-state index in [1.54, 1.807) is 0 Å². The predicted octanol–water partition coefficient (Wildman–Crippen LogP) is 5.47. The van der Waals surface area contributed by atoms with Crippen molar-refractivity contribution in [1.29, 1.82) is 0 Å². The van der Waals surface area contributed by atoms with Gasteiger partial charge < -0.3 is 14.9 Å². The van der Waals surface area contributed by atoms with E-state index in [4.69, 9.17) is 9.84 Å². The Kier molecular flexibility index (Phi) is 8.97. The summed E-state index contributed by atoms with van der Waals surface area (Å²) < 4.78 is 44.7. The fourth-order valence-corrected chi connectivity index (χ4v) is 4.65. The number of benzene rings is 2. The van der Waals surface area contributed by atoms with Crippen LogP contribution in [0, 0.1) is 0 Å². The number of unbranched alkanes of at least 4 members (excludes halogenated alkanes) is 5. The minimum absolute atomic E-state index is 0.244. The highest BCUT2D eigenvalue weighted by molar-refractivity contribution is 5.83. The van der Waals surface area contributed by atoms with Crippen LogP contribution in [0.5, 0.6) is 5.75 Å². The average molecular weight is 480 g/mol. The SMILES string of the molecule is O=C(O)C1(c2ccc(C(F)(F)F)cc2)NCCC1c1ccc(OCCCCCCCCO)cc1. The molecule has 1 aliphatic rings. The molecule has 3 rings (SSSR count). The lowest BCUT2D eigenvalue weighted by Gasteiger charge is -2.32. The van der Waals surface area contributed by atoms with Crippen LogP contribution in [0.25, 0.3) is 0 Å². The number of aliphatic hydroxyl groups is 1. The second kappa shape index (κ2) is 11.7. The zero-order valence-electron chi connectivity index (χ0n) is 19.1. The number of hydrogen-bond acceptors (Lipinski definition) is 4. The second-order valence-corrected chi connectivity index (χ2v) is 8.72. The Morgan fingerprint density at radius 3 is 2.18 bits per heavy atom. The molecule has 0 bridgehead atoms. The minimum Gasteiger partial charge on any atom is -0.494 e. The van der Waals surface area contributed by atoms with Crippen molar-refractivity contribution in [3.63, 3.8) is 0 Å². The molecule has 1 heterocycles. The topological polar surface area (TPSA) is 78.8 Å². The number of rotatable bonds is 12. The molecule has 34 heavy (non-hydrogen) atoms. The van der Waals surface area contributed by atoms with Crippen molar-refractivity contribution < 1.29 is 32.9 Å². The summed E-state index contributed by atoms with van der Waals surface area (Å²) >= 11 is 0. The molecule has 0 aromatic heterocycles. The molecule has 2 aromatic rings. The third-order valence-corrected chi connectivity index (χ3v) is 6.47. The Bertz CT molecular complexity index is 915. The van der Waals surface area contributed by atoms with Gasteiger partial charge in [-0.25, -0.2) is 4.79 Å². The molecule has 2 aromatic carbocycles. The second-order valence-electron chi connectivity index (χ2n) is 8.72. The standard InChI is InChI=1S/C26H32F3NO4/c27-26(28,29)21-11-9-20(10-12-21)25(24(32)33)23(15-16-30-25)19-7-13-22(14-8-19)34-18-6-4-2-1-3-5-17-31/h7-14,23,30-31H,1-6,15-18H2,(H,32,33). The summed E-state index contributed by atoms with van der Waals surface area (Å²) in [5.74, 6) is -0.853. The molecule has 1 fully saturated rings. The Hall–Kier alpha value is -2.58. The lowest BCUT2D eigenvalue weighted by atomic mass is 9.75. The van der Waals surface area contributed by atoms with Crippen LogP contribution < -0.4 is 10.1 Å². The molecule has 0 saturated carbocycles. The van der Waals surface area contributed by atoms with Crippen LogP contribution in [-0.2, 0) is 16.5 Å². The van der Waals surface area contributed by atoms with Gasteiger partial charge in [0.05, 0.1) is 12.2 Å². The molecule has 0 amide bonds. The van der Waals surface area contributed by atoms with Crippen molar-refractivity contribution in [3.8, 4) is 5.75 Å². The summed E-state index contributed by atoms with van der Waals surface area (Å²) in [6.45, 7) is 1.28. The number of carboxylic acid groups (broad SMARTS) is 1. The minimum atomic E-state index is -4.48. The summed E-state index contributed by atoms with van der Waals surface area (Å²) in [6.07, 6.45) is 2.17. The van der Waals surface area contributed by atoms with Gasteiger partial charge >= 0.3 is 12.1 Å². The first-order valence-electron chi connectivity index (χ1n) is 11.8. The molecule has 8 heteroatoms. The first-order valence-corrected chi connectivity index (χ1v) is 11.8. The largest absolute Gasteiger partial charge is 0.494 e. The van der Waals surface area contributed by atoms with Crippen LogP contribution >= 0.6 is 0 Å². The molecule has 0 aliphatic carbocycles. The van der Waals surface area contributed by atoms with Crippen molar-refractivity contribution in [3.05, 3.63) is 65.2 Å². The predicted molar refractivity (Wildman–Crippen MR) is 123 cm³/mol. The Balaban J connectivity index is 1.65. The summed E-state index contributed by atoms with van der Waals surface area (Å²) in [4.78, 5) is 12.4. The maximum absolute atomic E-state index is 13.0. The van der Waals surface area contributed by atoms with Gasteiger partial charge in [0, 0.05) is 12.5 Å².